The van der Waals surface area contributed by atoms with Crippen molar-refractivity contribution in [1.82, 2.24) is 24.1 Å². The van der Waals surface area contributed by atoms with Gasteiger partial charge in [-0.25, -0.2) is 19.2 Å². The third-order valence-corrected chi connectivity index (χ3v) is 5.54. The van der Waals surface area contributed by atoms with Crippen LogP contribution in [0.3, 0.4) is 0 Å². The van der Waals surface area contributed by atoms with E-state index in [2.05, 4.69) is 20.1 Å². The lowest BCUT2D eigenvalue weighted by atomic mass is 9.99. The van der Waals surface area contributed by atoms with E-state index >= 15 is 0 Å². The van der Waals surface area contributed by atoms with Gasteiger partial charge in [0, 0.05) is 11.3 Å². The Balaban J connectivity index is 1.84. The van der Waals surface area contributed by atoms with Gasteiger partial charge < -0.3 is 9.52 Å². The predicted octanol–water partition coefficient (Wildman–Crippen LogP) is 1.91. The highest BCUT2D eigenvalue weighted by Crippen LogP contribution is 2.33. The number of aryl methyl sites for hydroxylation is 2. The van der Waals surface area contributed by atoms with E-state index < -0.39 is 5.69 Å². The van der Waals surface area contributed by atoms with Crippen molar-refractivity contribution >= 4 is 11.6 Å². The highest BCUT2D eigenvalue weighted by atomic mass is 19.1. The van der Waals surface area contributed by atoms with Gasteiger partial charge in [-0.15, -0.1) is 9.50 Å². The monoisotopic (exact) mass is 462 g/mol. The summed E-state index contributed by atoms with van der Waals surface area (Å²) in [5.41, 5.74) is 10.2. The molecule has 4 heterocycles. The van der Waals surface area contributed by atoms with Crippen LogP contribution in [-0.2, 0) is 13.2 Å². The van der Waals surface area contributed by atoms with Gasteiger partial charge in [-0.05, 0) is 55.8 Å². The summed E-state index contributed by atoms with van der Waals surface area (Å²) < 4.78 is 21.4. The number of halogens is 1. The molecule has 0 atom stereocenters. The molecule has 0 bridgehead atoms. The van der Waals surface area contributed by atoms with Crippen molar-refractivity contribution in [3.8, 4) is 22.4 Å². The molecule has 0 saturated heterocycles. The highest BCUT2D eigenvalue weighted by Gasteiger charge is 2.26. The zero-order valence-corrected chi connectivity index (χ0v) is 18.4. The zero-order chi connectivity index (χ0) is 24.0. The standard InChI is InChI=1S/C23H20FN7O3/c1-12-7-15(8-17(10-32)27-12)19-20(14-3-5-16(24)6-4-14)28-22(25)31-21(19)29-30(23(31)33)9-18-13(2)34-11-26-18/h3-8,11,32H,9-10H2,1-2H3,(H2,25,28)/p+1. The molecule has 4 N–H and O–H groups in total. The fourth-order valence-electron chi connectivity index (χ4n) is 3.94. The van der Waals surface area contributed by atoms with Crippen LogP contribution in [0.5, 0.6) is 0 Å². The molecule has 172 valence electrons. The average molecular weight is 462 g/mol. The van der Waals surface area contributed by atoms with Gasteiger partial charge in [0.1, 0.15) is 23.0 Å². The highest BCUT2D eigenvalue weighted by molar-refractivity contribution is 5.88. The number of nitrogens with zero attached hydrogens (tertiary/aromatic N) is 5. The molecular formula is C23H21FN7O3+. The molecule has 0 spiro atoms. The zero-order valence-electron chi connectivity index (χ0n) is 18.4. The molecule has 0 fully saturated rings. The van der Waals surface area contributed by atoms with E-state index in [1.54, 1.807) is 32.0 Å². The summed E-state index contributed by atoms with van der Waals surface area (Å²) >= 11 is 0. The average Bonchev–Trinajstić information content (AvgIpc) is 3.36. The van der Waals surface area contributed by atoms with Crippen LogP contribution in [0.2, 0.25) is 0 Å². The van der Waals surface area contributed by atoms with Crippen LogP contribution in [0.15, 0.2) is 52.0 Å². The second kappa shape index (κ2) is 8.19. The van der Waals surface area contributed by atoms with Crippen LogP contribution >= 0.6 is 0 Å². The van der Waals surface area contributed by atoms with Crippen molar-refractivity contribution in [3.05, 3.63) is 81.9 Å². The Morgan fingerprint density at radius 1 is 1.18 bits per heavy atom. The summed E-state index contributed by atoms with van der Waals surface area (Å²) in [6.07, 6.45) is 1.31. The summed E-state index contributed by atoms with van der Waals surface area (Å²) in [6, 6.07) is 9.41. The van der Waals surface area contributed by atoms with E-state index in [1.165, 1.54) is 27.6 Å². The number of pyridine rings is 1. The summed E-state index contributed by atoms with van der Waals surface area (Å²) in [5.74, 6) is 0.248. The van der Waals surface area contributed by atoms with Gasteiger partial charge in [0.25, 0.3) is 0 Å². The van der Waals surface area contributed by atoms with Gasteiger partial charge in [-0.2, -0.15) is 4.68 Å². The summed E-state index contributed by atoms with van der Waals surface area (Å²) in [4.78, 5) is 24.8. The molecule has 4 aromatic heterocycles. The number of benzene rings is 1. The third-order valence-electron chi connectivity index (χ3n) is 5.54. The summed E-state index contributed by atoms with van der Waals surface area (Å²) in [5, 5.41) is 14.3. The van der Waals surface area contributed by atoms with Crippen LogP contribution in [0.1, 0.15) is 22.8 Å². The van der Waals surface area contributed by atoms with Crippen LogP contribution < -0.4 is 16.4 Å². The number of nitrogen functional groups attached to an aromatic ring is 1. The smallest absolute Gasteiger partial charge is 0.411 e. The first-order valence-electron chi connectivity index (χ1n) is 10.4. The fourth-order valence-corrected chi connectivity index (χ4v) is 3.94. The van der Waals surface area contributed by atoms with Gasteiger partial charge in [0.05, 0.1) is 24.4 Å². The number of aromatic nitrogens is 6. The van der Waals surface area contributed by atoms with Gasteiger partial charge in [-0.1, -0.05) is 0 Å². The minimum Gasteiger partial charge on any atom is -0.448 e. The fraction of sp³-hybridized carbons (Fsp3) is 0.174. The van der Waals surface area contributed by atoms with Crippen molar-refractivity contribution in [2.24, 2.45) is 0 Å². The quantitative estimate of drug-likeness (QED) is 0.407. The molecule has 0 aliphatic carbocycles. The lowest BCUT2D eigenvalue weighted by molar-refractivity contribution is -0.351. The first-order chi connectivity index (χ1) is 16.4. The van der Waals surface area contributed by atoms with E-state index in [-0.39, 0.29) is 30.6 Å². The van der Waals surface area contributed by atoms with Crippen molar-refractivity contribution < 1.29 is 18.9 Å². The second-order valence-corrected chi connectivity index (χ2v) is 7.87. The van der Waals surface area contributed by atoms with E-state index in [0.29, 0.717) is 45.2 Å². The van der Waals surface area contributed by atoms with Crippen molar-refractivity contribution in [1.29, 1.82) is 0 Å². The SMILES string of the molecule is Cc1cc(-c2c(-c3ccc(F)cc3)[nH+]c(N)n3c(=O)n(Cc4ncoc4C)nc23)cc(CO)n1. The third kappa shape index (κ3) is 3.61. The molecule has 11 heteroatoms. The lowest BCUT2D eigenvalue weighted by Crippen LogP contribution is -2.28. The number of nitrogens with two attached hydrogens (primary N) is 1. The normalized spacial score (nSPS) is 11.4. The Morgan fingerprint density at radius 2 is 1.94 bits per heavy atom. The topological polar surface area (TPSA) is 139 Å². The number of nitrogens with one attached hydrogen (secondary N) is 1. The molecule has 0 aliphatic rings. The Bertz CT molecular complexity index is 1590. The number of anilines is 1. The largest absolute Gasteiger partial charge is 0.448 e. The van der Waals surface area contributed by atoms with E-state index in [9.17, 15) is 14.3 Å². The Labute approximate surface area is 192 Å². The van der Waals surface area contributed by atoms with Crippen LogP contribution in [0, 0.1) is 19.7 Å². The van der Waals surface area contributed by atoms with Gasteiger partial charge in [0.2, 0.25) is 5.65 Å². The maximum absolute atomic E-state index is 13.6. The molecule has 0 unspecified atom stereocenters. The molecule has 10 nitrogen and oxygen atoms in total. The Kier molecular flexibility index (Phi) is 5.17. The molecule has 1 aromatic carbocycles. The van der Waals surface area contributed by atoms with Crippen molar-refractivity contribution in [2.75, 3.05) is 5.73 Å². The number of hydrogen-bond acceptors (Lipinski definition) is 7. The summed E-state index contributed by atoms with van der Waals surface area (Å²) in [7, 11) is 0. The van der Waals surface area contributed by atoms with Crippen LogP contribution in [0.25, 0.3) is 28.0 Å². The molecule has 5 aromatic rings. The molecule has 0 saturated carbocycles. The first kappa shape index (κ1) is 21.5. The molecule has 0 radical (unpaired) electrons. The number of fused-ring (bicyclic) bond motifs is 1. The van der Waals surface area contributed by atoms with Crippen LogP contribution in [0.4, 0.5) is 10.3 Å². The number of H-pyrrole nitrogens is 1. The van der Waals surface area contributed by atoms with Gasteiger partial charge >= 0.3 is 11.6 Å². The molecule has 0 aliphatic heterocycles. The van der Waals surface area contributed by atoms with E-state index in [0.717, 1.165) is 0 Å². The van der Waals surface area contributed by atoms with E-state index in [1.807, 2.05) is 6.07 Å². The summed E-state index contributed by atoms with van der Waals surface area (Å²) in [6.45, 7) is 3.38. The Hall–Kier alpha value is -4.38. The second-order valence-electron chi connectivity index (χ2n) is 7.87. The molecular weight excluding hydrogens is 441 g/mol. The molecule has 34 heavy (non-hydrogen) atoms. The van der Waals surface area contributed by atoms with Gasteiger partial charge in [0.15, 0.2) is 6.39 Å². The molecule has 0 amide bonds. The minimum absolute atomic E-state index is 0.0550. The van der Waals surface area contributed by atoms with Crippen LogP contribution in [-0.4, -0.2) is 29.3 Å². The Morgan fingerprint density at radius 3 is 2.62 bits per heavy atom. The number of oxazole rings is 1. The van der Waals surface area contributed by atoms with Crippen molar-refractivity contribution in [3.63, 3.8) is 0 Å². The maximum Gasteiger partial charge on any atom is 0.411 e. The number of aliphatic hydroxyl groups excluding tert-OH is 1. The van der Waals surface area contributed by atoms with Gasteiger partial charge in [-0.3, -0.25) is 10.7 Å². The predicted molar refractivity (Wildman–Crippen MR) is 120 cm³/mol. The number of aliphatic hydroxyl groups is 1. The minimum atomic E-state index is -0.466. The molecule has 5 rings (SSSR count). The number of aromatic amines is 1. The lowest BCUT2D eigenvalue weighted by Gasteiger charge is -2.11. The van der Waals surface area contributed by atoms with Crippen molar-refractivity contribution in [2.45, 2.75) is 27.0 Å². The number of rotatable bonds is 5. The first-order valence-corrected chi connectivity index (χ1v) is 10.4. The number of hydrogen-bond donors (Lipinski definition) is 2. The van der Waals surface area contributed by atoms with E-state index in [4.69, 9.17) is 10.2 Å². The maximum atomic E-state index is 13.6.